The number of hydrogen-bond acceptors (Lipinski definition) is 8. The molecule has 0 bridgehead atoms. The summed E-state index contributed by atoms with van der Waals surface area (Å²) in [4.78, 5) is 28.6. The number of amides is 1. The Morgan fingerprint density at radius 2 is 1.92 bits per heavy atom. The highest BCUT2D eigenvalue weighted by molar-refractivity contribution is 7.93. The quantitative estimate of drug-likeness (QED) is 0.339. The molecule has 0 spiro atoms. The van der Waals surface area contributed by atoms with Gasteiger partial charge < -0.3 is 10.1 Å². The van der Waals surface area contributed by atoms with Gasteiger partial charge in [0.05, 0.1) is 40.6 Å². The molecular formula is C23H22F4N6O4S. The molecule has 1 aromatic carbocycles. The third kappa shape index (κ3) is 6.51. The molecule has 1 fully saturated rings. The molecule has 2 aromatic heterocycles. The van der Waals surface area contributed by atoms with Crippen molar-refractivity contribution in [3.8, 4) is 17.1 Å². The third-order valence-electron chi connectivity index (χ3n) is 5.52. The van der Waals surface area contributed by atoms with Crippen LogP contribution in [0.25, 0.3) is 11.3 Å². The van der Waals surface area contributed by atoms with E-state index in [1.807, 2.05) is 0 Å². The van der Waals surface area contributed by atoms with Crippen molar-refractivity contribution < 1.29 is 35.5 Å². The number of nitrogens with one attached hydrogen (secondary N) is 2. The van der Waals surface area contributed by atoms with Gasteiger partial charge in [0.1, 0.15) is 5.82 Å². The number of carbonyl (C=O) groups excluding carboxylic acids is 1. The number of nitrogens with zero attached hydrogens (tertiary/aromatic N) is 4. The minimum Gasteiger partial charge on any atom is -0.436 e. The maximum atomic E-state index is 14.9. The van der Waals surface area contributed by atoms with E-state index in [0.29, 0.717) is 12.8 Å². The number of alkyl halides is 3. The maximum Gasteiger partial charge on any atom is 0.304 e. The Kier molecular flexibility index (Phi) is 8.04. The van der Waals surface area contributed by atoms with Crippen LogP contribution in [0.3, 0.4) is 0 Å². The largest absolute Gasteiger partial charge is 0.436 e. The van der Waals surface area contributed by atoms with Crippen molar-refractivity contribution in [1.29, 1.82) is 0 Å². The summed E-state index contributed by atoms with van der Waals surface area (Å²) in [6.07, 6.45) is -1.43. The fourth-order valence-corrected chi connectivity index (χ4v) is 4.72. The van der Waals surface area contributed by atoms with Gasteiger partial charge in [0.2, 0.25) is 27.8 Å². The van der Waals surface area contributed by atoms with E-state index in [1.165, 1.54) is 30.6 Å². The molecular weight excluding hydrogens is 532 g/mol. The molecule has 1 amide bonds. The molecule has 38 heavy (non-hydrogen) atoms. The predicted octanol–water partition coefficient (Wildman–Crippen LogP) is 4.05. The monoisotopic (exact) mass is 554 g/mol. The molecule has 10 nitrogen and oxygen atoms in total. The van der Waals surface area contributed by atoms with Crippen LogP contribution in [0.1, 0.15) is 37.8 Å². The number of aromatic nitrogens is 4. The fraction of sp³-hybridized carbons (Fsp3) is 0.348. The number of halogens is 4. The second-order valence-electron chi connectivity index (χ2n) is 8.34. The average Bonchev–Trinajstić information content (AvgIpc) is 3.72. The minimum atomic E-state index is -3.60. The first-order valence-electron chi connectivity index (χ1n) is 11.4. The smallest absolute Gasteiger partial charge is 0.304 e. The number of benzene rings is 1. The molecule has 3 aromatic rings. The summed E-state index contributed by atoms with van der Waals surface area (Å²) in [5.41, 5.74) is 0.269. The maximum absolute atomic E-state index is 14.9. The average molecular weight is 555 g/mol. The molecule has 4 rings (SSSR count). The second-order valence-corrected chi connectivity index (χ2v) is 10.3. The van der Waals surface area contributed by atoms with E-state index < -0.39 is 51.6 Å². The van der Waals surface area contributed by atoms with Crippen LogP contribution in [0, 0.1) is 5.82 Å². The Balaban J connectivity index is 1.48. The van der Waals surface area contributed by atoms with Crippen LogP contribution in [0.15, 0.2) is 42.9 Å². The summed E-state index contributed by atoms with van der Waals surface area (Å²) in [6.45, 7) is 1.71. The first-order chi connectivity index (χ1) is 18.1. The van der Waals surface area contributed by atoms with Crippen LogP contribution in [0.2, 0.25) is 0 Å². The highest BCUT2D eigenvalue weighted by Gasteiger charge is 2.36. The lowest BCUT2D eigenvalue weighted by atomic mass is 10.0. The number of carbonyl (C=O) groups is 1. The van der Waals surface area contributed by atoms with E-state index in [1.54, 1.807) is 6.92 Å². The first kappa shape index (κ1) is 27.2. The third-order valence-corrected chi connectivity index (χ3v) is 7.34. The fourth-order valence-electron chi connectivity index (χ4n) is 3.44. The molecule has 2 unspecified atom stereocenters. The molecule has 2 N–H and O–H groups in total. The SMILES string of the molecule is CCC(C(=O)Nc1ccc(-c2cncc(OC(F)C(F)F)n2)cc1F)c1ccnc(NS(=O)(=O)C2CC2)n1. The summed E-state index contributed by atoms with van der Waals surface area (Å²) in [5.74, 6) is -2.94. The van der Waals surface area contributed by atoms with Crippen molar-refractivity contribution in [3.05, 3.63) is 54.4 Å². The lowest BCUT2D eigenvalue weighted by Gasteiger charge is -2.16. The zero-order valence-corrected chi connectivity index (χ0v) is 20.6. The van der Waals surface area contributed by atoms with Crippen molar-refractivity contribution in [2.45, 2.75) is 50.1 Å². The molecule has 1 aliphatic carbocycles. The Morgan fingerprint density at radius 1 is 1.16 bits per heavy atom. The van der Waals surface area contributed by atoms with Gasteiger partial charge in [0, 0.05) is 11.8 Å². The molecule has 0 radical (unpaired) electrons. The molecule has 2 heterocycles. The van der Waals surface area contributed by atoms with Gasteiger partial charge in [-0.1, -0.05) is 13.0 Å². The van der Waals surface area contributed by atoms with Crippen LogP contribution in [-0.4, -0.2) is 52.3 Å². The summed E-state index contributed by atoms with van der Waals surface area (Å²) >= 11 is 0. The van der Waals surface area contributed by atoms with E-state index >= 15 is 0 Å². The standard InChI is InChI=1S/C23H22F4N6O4S/c1-2-14(16-7-8-29-23(32-16)33-38(35,36)13-4-5-13)22(34)31-17-6-3-12(9-15(17)24)18-10-28-11-19(30-18)37-21(27)20(25)26/h3,6-11,13-14,20-21H,2,4-5H2,1H3,(H,31,34)(H,29,32,33). The van der Waals surface area contributed by atoms with Gasteiger partial charge in [-0.2, -0.15) is 4.39 Å². The van der Waals surface area contributed by atoms with Crippen molar-refractivity contribution in [3.63, 3.8) is 0 Å². The highest BCUT2D eigenvalue weighted by Crippen LogP contribution is 2.30. The Hall–Kier alpha value is -3.88. The summed E-state index contributed by atoms with van der Waals surface area (Å²) < 4.78 is 83.8. The zero-order valence-electron chi connectivity index (χ0n) is 19.8. The Labute approximate surface area is 215 Å². The van der Waals surface area contributed by atoms with Crippen LogP contribution in [-0.2, 0) is 14.8 Å². The minimum absolute atomic E-state index is 0.0225. The van der Waals surface area contributed by atoms with Crippen molar-refractivity contribution in [2.75, 3.05) is 10.0 Å². The van der Waals surface area contributed by atoms with Gasteiger partial charge in [-0.15, -0.1) is 0 Å². The van der Waals surface area contributed by atoms with Crippen molar-refractivity contribution in [1.82, 2.24) is 19.9 Å². The number of anilines is 2. The van der Waals surface area contributed by atoms with Gasteiger partial charge in [0.25, 0.3) is 6.36 Å². The molecule has 15 heteroatoms. The summed E-state index contributed by atoms with van der Waals surface area (Å²) in [7, 11) is -3.60. The van der Waals surface area contributed by atoms with E-state index in [4.69, 9.17) is 0 Å². The zero-order chi connectivity index (χ0) is 27.4. The highest BCUT2D eigenvalue weighted by atomic mass is 32.2. The van der Waals surface area contributed by atoms with Crippen LogP contribution in [0.4, 0.5) is 29.2 Å². The molecule has 1 saturated carbocycles. The summed E-state index contributed by atoms with van der Waals surface area (Å²) in [5, 5.41) is 2.00. The Bertz CT molecular complexity index is 1420. The lowest BCUT2D eigenvalue weighted by Crippen LogP contribution is -2.23. The van der Waals surface area contributed by atoms with Crippen LogP contribution < -0.4 is 14.8 Å². The van der Waals surface area contributed by atoms with Crippen LogP contribution >= 0.6 is 0 Å². The number of hydrogen-bond donors (Lipinski definition) is 2. The number of rotatable bonds is 11. The van der Waals surface area contributed by atoms with Crippen molar-refractivity contribution in [2.24, 2.45) is 0 Å². The molecule has 0 saturated heterocycles. The molecule has 202 valence electrons. The Morgan fingerprint density at radius 3 is 2.58 bits per heavy atom. The molecule has 1 aliphatic rings. The van der Waals surface area contributed by atoms with E-state index in [2.05, 4.69) is 34.7 Å². The summed E-state index contributed by atoms with van der Waals surface area (Å²) in [6, 6.07) is 5.14. The normalized spacial score (nSPS) is 15.1. The number of ether oxygens (including phenoxy) is 1. The van der Waals surface area contributed by atoms with Gasteiger partial charge in [0.15, 0.2) is 0 Å². The van der Waals surface area contributed by atoms with Crippen molar-refractivity contribution >= 4 is 27.6 Å². The van der Waals surface area contributed by atoms with Gasteiger partial charge >= 0.3 is 6.43 Å². The van der Waals surface area contributed by atoms with Gasteiger partial charge in [-0.3, -0.25) is 14.5 Å². The van der Waals surface area contributed by atoms with Gasteiger partial charge in [-0.25, -0.2) is 36.5 Å². The topological polar surface area (TPSA) is 136 Å². The molecule has 2 atom stereocenters. The number of sulfonamides is 1. The van der Waals surface area contributed by atoms with E-state index in [-0.39, 0.29) is 35.0 Å². The lowest BCUT2D eigenvalue weighted by molar-refractivity contribution is -0.117. The van der Waals surface area contributed by atoms with Gasteiger partial charge in [-0.05, 0) is 37.5 Å². The first-order valence-corrected chi connectivity index (χ1v) is 13.0. The molecule has 0 aliphatic heterocycles. The van der Waals surface area contributed by atoms with E-state index in [0.717, 1.165) is 12.3 Å². The second kappa shape index (κ2) is 11.2. The predicted molar refractivity (Wildman–Crippen MR) is 128 cm³/mol. The van der Waals surface area contributed by atoms with E-state index in [9.17, 15) is 30.8 Å². The van der Waals surface area contributed by atoms with Crippen LogP contribution in [0.5, 0.6) is 5.88 Å².